The van der Waals surface area contributed by atoms with Gasteiger partial charge < -0.3 is 43.0 Å². The third-order valence-corrected chi connectivity index (χ3v) is 12.7. The average Bonchev–Trinajstić information content (AvgIpc) is 3.56. The highest BCUT2D eigenvalue weighted by molar-refractivity contribution is 5.73. The number of amides is 1. The number of hydrogen-bond acceptors (Lipinski definition) is 15. The van der Waals surface area contributed by atoms with Gasteiger partial charge in [0.05, 0.1) is 52.4 Å². The Bertz CT molecular complexity index is 1360. The summed E-state index contributed by atoms with van der Waals surface area (Å²) in [5.41, 5.74) is 0. The molecule has 0 spiro atoms. The third-order valence-electron chi connectivity index (χ3n) is 12.7. The predicted octanol–water partition coefficient (Wildman–Crippen LogP) is 11.6. The van der Waals surface area contributed by atoms with Crippen molar-refractivity contribution in [3.8, 4) is 0 Å². The predicted molar refractivity (Wildman–Crippen MR) is 282 cm³/mol. The topological polar surface area (TPSA) is 191 Å². The second-order valence-electron chi connectivity index (χ2n) is 20.2. The number of ether oxygens (including phenoxy) is 7. The molecule has 16 heteroatoms. The number of unbranched alkanes of at least 4 members (excludes halogenated alkanes) is 20. The Morgan fingerprint density at radius 2 is 0.712 bits per heavy atom. The van der Waals surface area contributed by atoms with E-state index in [9.17, 15) is 33.6 Å². The summed E-state index contributed by atoms with van der Waals surface area (Å²) in [4.78, 5) is 94.8. The van der Waals surface area contributed by atoms with Crippen LogP contribution in [-0.4, -0.2) is 131 Å². The molecule has 0 saturated carbocycles. The summed E-state index contributed by atoms with van der Waals surface area (Å²) in [5.74, 6) is -4.24. The fourth-order valence-electron chi connectivity index (χ4n) is 8.16. The van der Waals surface area contributed by atoms with E-state index >= 15 is 0 Å². The Kier molecular flexibility index (Phi) is 41.4. The van der Waals surface area contributed by atoms with Crippen molar-refractivity contribution in [3.05, 3.63) is 12.2 Å². The number of esters is 6. The van der Waals surface area contributed by atoms with Crippen molar-refractivity contribution in [2.45, 2.75) is 233 Å². The van der Waals surface area contributed by atoms with Gasteiger partial charge in [0.2, 0.25) is 0 Å². The number of carbonyl (C=O) groups excluding carboxylic acids is 7. The van der Waals surface area contributed by atoms with Gasteiger partial charge in [-0.15, -0.1) is 0 Å². The van der Waals surface area contributed by atoms with Crippen molar-refractivity contribution >= 4 is 41.9 Å². The molecule has 0 aromatic rings. The summed E-state index contributed by atoms with van der Waals surface area (Å²) in [5, 5.41) is 0. The molecule has 1 aliphatic heterocycles. The first-order chi connectivity index (χ1) is 35.3. The molecule has 0 fully saturated rings. The van der Waals surface area contributed by atoms with Crippen molar-refractivity contribution in [1.29, 1.82) is 0 Å². The van der Waals surface area contributed by atoms with Gasteiger partial charge in [-0.25, -0.2) is 4.79 Å². The van der Waals surface area contributed by atoms with Crippen molar-refractivity contribution in [3.63, 3.8) is 0 Å². The first-order valence-corrected chi connectivity index (χ1v) is 28.6. The lowest BCUT2D eigenvalue weighted by Gasteiger charge is -2.26. The van der Waals surface area contributed by atoms with Gasteiger partial charge in [0.25, 0.3) is 0 Å². The zero-order chi connectivity index (χ0) is 53.7. The molecule has 0 aromatic carbocycles. The van der Waals surface area contributed by atoms with Gasteiger partial charge in [-0.05, 0) is 51.9 Å². The SMILES string of the molecule is CCCCCCCCC(=O)OCC(COC(=O)CCCCCCCC)CC(=O)O[C@H]1C=C[C@H](OC(=O)CC(COC(=O)CCCCCCCC)COC(=O)CCCCCCCC)CN(C(=O)OCCN(C)C)C1. The molecule has 1 rings (SSSR count). The molecule has 16 nitrogen and oxygen atoms in total. The van der Waals surface area contributed by atoms with Gasteiger partial charge >= 0.3 is 41.9 Å². The van der Waals surface area contributed by atoms with Gasteiger partial charge in [0.15, 0.2) is 0 Å². The van der Waals surface area contributed by atoms with E-state index in [4.69, 9.17) is 33.2 Å². The molecule has 0 aromatic heterocycles. The molecule has 1 amide bonds. The number of rotatable bonds is 45. The third kappa shape index (κ3) is 39.0. The number of nitrogens with zero attached hydrogens (tertiary/aromatic N) is 2. The fourth-order valence-corrected chi connectivity index (χ4v) is 8.16. The van der Waals surface area contributed by atoms with Crippen molar-refractivity contribution in [1.82, 2.24) is 9.80 Å². The van der Waals surface area contributed by atoms with Crippen LogP contribution in [-0.2, 0) is 61.9 Å². The lowest BCUT2D eigenvalue weighted by Crippen LogP contribution is -2.42. The molecular weight excluding hydrogens is 937 g/mol. The first-order valence-electron chi connectivity index (χ1n) is 28.6. The van der Waals surface area contributed by atoms with E-state index in [1.165, 1.54) is 4.90 Å². The zero-order valence-corrected chi connectivity index (χ0v) is 46.4. The molecule has 0 radical (unpaired) electrons. The molecule has 73 heavy (non-hydrogen) atoms. The Morgan fingerprint density at radius 1 is 0.425 bits per heavy atom. The van der Waals surface area contributed by atoms with Crippen LogP contribution in [0, 0.1) is 11.8 Å². The lowest BCUT2D eigenvalue weighted by molar-refractivity contribution is -0.156. The second kappa shape index (κ2) is 45.2. The molecule has 0 saturated heterocycles. The monoisotopic (exact) mass is 1040 g/mol. The van der Waals surface area contributed by atoms with Crippen molar-refractivity contribution < 1.29 is 66.7 Å². The quantitative estimate of drug-likeness (QED) is 0.0242. The number of hydrogen-bond donors (Lipinski definition) is 0. The van der Waals surface area contributed by atoms with Crippen LogP contribution in [0.2, 0.25) is 0 Å². The van der Waals surface area contributed by atoms with Crippen LogP contribution in [0.1, 0.15) is 220 Å². The Balaban J connectivity index is 3.13. The fraction of sp³-hybridized carbons (Fsp3) is 0.842. The highest BCUT2D eigenvalue weighted by Gasteiger charge is 2.31. The molecule has 0 aliphatic carbocycles. The van der Waals surface area contributed by atoms with Crippen LogP contribution >= 0.6 is 0 Å². The van der Waals surface area contributed by atoms with E-state index in [1.807, 2.05) is 19.0 Å². The van der Waals surface area contributed by atoms with Gasteiger partial charge in [-0.2, -0.15) is 0 Å². The zero-order valence-electron chi connectivity index (χ0n) is 46.4. The molecule has 1 aliphatic rings. The van der Waals surface area contributed by atoms with Crippen molar-refractivity contribution in [2.75, 3.05) is 66.8 Å². The summed E-state index contributed by atoms with van der Waals surface area (Å²) >= 11 is 0. The summed E-state index contributed by atoms with van der Waals surface area (Å²) in [6.45, 7) is 8.33. The maximum atomic E-state index is 13.6. The Hall–Kier alpha value is -4.21. The lowest BCUT2D eigenvalue weighted by atomic mass is 10.1. The molecule has 2 atom stereocenters. The largest absolute Gasteiger partial charge is 0.465 e. The van der Waals surface area contributed by atoms with Crippen LogP contribution in [0.15, 0.2) is 12.2 Å². The van der Waals surface area contributed by atoms with E-state index in [0.29, 0.717) is 32.2 Å². The normalized spacial score (nSPS) is 14.5. The maximum absolute atomic E-state index is 13.6. The Morgan fingerprint density at radius 3 is 1.00 bits per heavy atom. The van der Waals surface area contributed by atoms with E-state index in [-0.39, 0.29) is 109 Å². The highest BCUT2D eigenvalue weighted by atomic mass is 16.6. The molecule has 1 heterocycles. The van der Waals surface area contributed by atoms with Gasteiger partial charge in [-0.3, -0.25) is 28.8 Å². The summed E-state index contributed by atoms with van der Waals surface area (Å²) in [6.07, 6.45) is 25.3. The minimum atomic E-state index is -0.978. The van der Waals surface area contributed by atoms with E-state index < -0.39 is 42.1 Å². The standard InChI is InChI=1S/C57H100N2O14/c1-7-11-15-19-23-27-31-51(60)68-43-47(44-69-52(61)32-28-24-20-16-12-8-2)39-55(64)72-49-35-36-50(42-59(41-49)57(66)67-38-37-58(5)6)73-56(65)40-48(45-70-53(62)33-29-25-21-17-13-9-3)46-71-54(63)34-30-26-22-18-14-10-4/h35-36,47-50H,7-34,37-46H2,1-6H3/t49-,50-/m0/s1. The van der Waals surface area contributed by atoms with Gasteiger partial charge in [0, 0.05) is 44.1 Å². The van der Waals surface area contributed by atoms with E-state index in [1.54, 1.807) is 12.2 Å². The minimum Gasteiger partial charge on any atom is -0.465 e. The van der Waals surface area contributed by atoms with E-state index in [0.717, 1.165) is 128 Å². The number of likely N-dealkylation sites (N-methyl/N-ethyl adjacent to an activating group) is 1. The summed E-state index contributed by atoms with van der Waals surface area (Å²) in [7, 11) is 3.69. The smallest absolute Gasteiger partial charge is 0.410 e. The number of carbonyl (C=O) groups is 7. The Labute approximate surface area is 440 Å². The van der Waals surface area contributed by atoms with E-state index in [2.05, 4.69) is 27.7 Å². The molecule has 0 N–H and O–H groups in total. The average molecular weight is 1040 g/mol. The van der Waals surface area contributed by atoms with Crippen LogP contribution < -0.4 is 0 Å². The summed E-state index contributed by atoms with van der Waals surface area (Å²) in [6, 6.07) is 0. The van der Waals surface area contributed by atoms with Crippen LogP contribution in [0.5, 0.6) is 0 Å². The van der Waals surface area contributed by atoms with Gasteiger partial charge in [-0.1, -0.05) is 156 Å². The first kappa shape index (κ1) is 66.8. The second-order valence-corrected chi connectivity index (χ2v) is 20.2. The van der Waals surface area contributed by atoms with Gasteiger partial charge in [0.1, 0.15) is 18.8 Å². The van der Waals surface area contributed by atoms with Crippen LogP contribution in [0.3, 0.4) is 0 Å². The van der Waals surface area contributed by atoms with Crippen LogP contribution in [0.4, 0.5) is 4.79 Å². The molecule has 0 unspecified atom stereocenters. The highest BCUT2D eigenvalue weighted by Crippen LogP contribution is 2.19. The minimum absolute atomic E-state index is 0.0817. The van der Waals surface area contributed by atoms with Crippen molar-refractivity contribution in [2.24, 2.45) is 11.8 Å². The summed E-state index contributed by atoms with van der Waals surface area (Å²) < 4.78 is 39.7. The van der Waals surface area contributed by atoms with Crippen LogP contribution in [0.25, 0.3) is 0 Å². The maximum Gasteiger partial charge on any atom is 0.410 e. The molecule has 0 bridgehead atoms. The molecular formula is C57H100N2O14. The molecule has 422 valence electrons.